The van der Waals surface area contributed by atoms with Crippen LogP contribution in [0.25, 0.3) is 0 Å². The first kappa shape index (κ1) is 22.6. The van der Waals surface area contributed by atoms with E-state index in [1.54, 1.807) is 49.6 Å². The van der Waals surface area contributed by atoms with E-state index in [0.29, 0.717) is 33.7 Å². The molecule has 0 aliphatic rings. The molecule has 2 aromatic carbocycles. The van der Waals surface area contributed by atoms with Gasteiger partial charge in [-0.15, -0.1) is 0 Å². The number of rotatable bonds is 7. The molecule has 0 heterocycles. The first-order valence-electron chi connectivity index (χ1n) is 8.92. The van der Waals surface area contributed by atoms with Crippen LogP contribution in [0.1, 0.15) is 40.5 Å². The summed E-state index contributed by atoms with van der Waals surface area (Å²) < 4.78 is 11.4. The minimum Gasteiger partial charge on any atom is -0.497 e. The van der Waals surface area contributed by atoms with Crippen LogP contribution in [0.2, 0.25) is 0 Å². The smallest absolute Gasteiger partial charge is 0.269 e. The fraction of sp³-hybridized carbons (Fsp3) is 0.250. The van der Waals surface area contributed by atoms with E-state index in [9.17, 15) is 9.59 Å². The molecule has 9 heteroatoms. The number of nitrogens with one attached hydrogen (secondary N) is 3. The number of unbranched alkanes of at least 4 members (excludes halogenated alkanes) is 1. The summed E-state index contributed by atoms with van der Waals surface area (Å²) in [4.78, 5) is 24.4. The Kier molecular flexibility index (Phi) is 8.88. The minimum absolute atomic E-state index is 0.0312. The van der Waals surface area contributed by atoms with Gasteiger partial charge in [0.2, 0.25) is 0 Å². The molecule has 7 nitrogen and oxygen atoms in total. The molecule has 29 heavy (non-hydrogen) atoms. The third kappa shape index (κ3) is 7.03. The summed E-state index contributed by atoms with van der Waals surface area (Å²) in [5.74, 6) is 0.496. The Morgan fingerprint density at radius 2 is 1.72 bits per heavy atom. The molecule has 0 bridgehead atoms. The lowest BCUT2D eigenvalue weighted by atomic mass is 10.2. The van der Waals surface area contributed by atoms with Crippen molar-refractivity contribution in [2.45, 2.75) is 19.8 Å². The van der Waals surface area contributed by atoms with Crippen molar-refractivity contribution in [2.24, 2.45) is 0 Å². The highest BCUT2D eigenvalue weighted by atomic mass is 79.9. The lowest BCUT2D eigenvalue weighted by Gasteiger charge is -2.12. The summed E-state index contributed by atoms with van der Waals surface area (Å²) in [6, 6.07) is 11.6. The second-order valence-corrected chi connectivity index (χ2v) is 7.20. The van der Waals surface area contributed by atoms with Crippen LogP contribution in [0.15, 0.2) is 46.9 Å². The number of ether oxygens (including phenoxy) is 2. The Hall–Kier alpha value is -2.65. The Labute approximate surface area is 183 Å². The van der Waals surface area contributed by atoms with Crippen molar-refractivity contribution < 1.29 is 19.1 Å². The zero-order valence-corrected chi connectivity index (χ0v) is 18.5. The predicted molar refractivity (Wildman–Crippen MR) is 118 cm³/mol. The quantitative estimate of drug-likeness (QED) is 0.319. The number of halogens is 1. The highest BCUT2D eigenvalue weighted by molar-refractivity contribution is 9.10. The van der Waals surface area contributed by atoms with E-state index < -0.39 is 11.8 Å². The van der Waals surface area contributed by atoms with E-state index in [4.69, 9.17) is 21.7 Å². The zero-order chi connectivity index (χ0) is 21.2. The number of amides is 2. The van der Waals surface area contributed by atoms with Crippen LogP contribution in [-0.2, 0) is 0 Å². The Balaban J connectivity index is 1.85. The van der Waals surface area contributed by atoms with E-state index in [-0.39, 0.29) is 5.11 Å². The molecule has 0 aliphatic carbocycles. The van der Waals surface area contributed by atoms with E-state index in [2.05, 4.69) is 39.0 Å². The predicted octanol–water partition coefficient (Wildman–Crippen LogP) is 3.59. The highest BCUT2D eigenvalue weighted by Gasteiger charge is 2.12. The largest absolute Gasteiger partial charge is 0.497 e. The molecule has 154 valence electrons. The van der Waals surface area contributed by atoms with Crippen LogP contribution < -0.4 is 25.6 Å². The monoisotopic (exact) mass is 479 g/mol. The molecule has 0 radical (unpaired) electrons. The van der Waals surface area contributed by atoms with Gasteiger partial charge in [0, 0.05) is 11.1 Å². The Morgan fingerprint density at radius 1 is 1.03 bits per heavy atom. The molecular weight excluding hydrogens is 458 g/mol. The molecule has 0 aliphatic heterocycles. The second-order valence-electron chi connectivity index (χ2n) is 5.94. The molecule has 0 atom stereocenters. The standard InChI is InChI=1S/C20H22BrN3O4S/c1-3-4-11-28-17-10-7-14(12-16(17)21)18(25)22-20(29)24-23-19(26)13-5-8-15(27-2)9-6-13/h5-10,12H,3-4,11H2,1-2H3,(H,23,26)(H2,22,24,25,29). The van der Waals surface area contributed by atoms with Gasteiger partial charge in [0.15, 0.2) is 5.11 Å². The SMILES string of the molecule is CCCCOc1ccc(C(=O)NC(=S)NNC(=O)c2ccc(OC)cc2)cc1Br. The molecule has 3 N–H and O–H groups in total. The lowest BCUT2D eigenvalue weighted by Crippen LogP contribution is -2.48. The lowest BCUT2D eigenvalue weighted by molar-refractivity contribution is 0.0934. The third-order valence-electron chi connectivity index (χ3n) is 3.82. The fourth-order valence-electron chi connectivity index (χ4n) is 2.22. The van der Waals surface area contributed by atoms with Crippen molar-refractivity contribution in [3.63, 3.8) is 0 Å². The summed E-state index contributed by atoms with van der Waals surface area (Å²) >= 11 is 8.45. The van der Waals surface area contributed by atoms with Crippen molar-refractivity contribution in [1.29, 1.82) is 0 Å². The van der Waals surface area contributed by atoms with Gasteiger partial charge < -0.3 is 9.47 Å². The van der Waals surface area contributed by atoms with E-state index in [1.165, 1.54) is 0 Å². The van der Waals surface area contributed by atoms with Crippen LogP contribution >= 0.6 is 28.1 Å². The zero-order valence-electron chi connectivity index (χ0n) is 16.1. The molecule has 2 aromatic rings. The number of methoxy groups -OCH3 is 1. The van der Waals surface area contributed by atoms with Crippen molar-refractivity contribution in [1.82, 2.24) is 16.2 Å². The van der Waals surface area contributed by atoms with Crippen molar-refractivity contribution in [2.75, 3.05) is 13.7 Å². The van der Waals surface area contributed by atoms with Crippen LogP contribution in [0.4, 0.5) is 0 Å². The van der Waals surface area contributed by atoms with Gasteiger partial charge >= 0.3 is 0 Å². The van der Waals surface area contributed by atoms with Crippen molar-refractivity contribution in [3.05, 3.63) is 58.1 Å². The first-order valence-corrected chi connectivity index (χ1v) is 10.1. The molecule has 0 fully saturated rings. The number of hydrogen-bond donors (Lipinski definition) is 3. The Morgan fingerprint density at radius 3 is 2.34 bits per heavy atom. The summed E-state index contributed by atoms with van der Waals surface area (Å²) in [6.07, 6.45) is 1.99. The molecule has 0 saturated carbocycles. The number of hydrogen-bond acceptors (Lipinski definition) is 5. The molecule has 0 saturated heterocycles. The van der Waals surface area contributed by atoms with E-state index >= 15 is 0 Å². The maximum atomic E-state index is 12.3. The van der Waals surface area contributed by atoms with Gasteiger partial charge in [0.1, 0.15) is 11.5 Å². The summed E-state index contributed by atoms with van der Waals surface area (Å²) in [7, 11) is 1.54. The van der Waals surface area contributed by atoms with E-state index in [1.807, 2.05) is 0 Å². The van der Waals surface area contributed by atoms with Gasteiger partial charge in [0.25, 0.3) is 11.8 Å². The van der Waals surface area contributed by atoms with E-state index in [0.717, 1.165) is 12.8 Å². The number of benzene rings is 2. The maximum Gasteiger partial charge on any atom is 0.269 e. The number of carbonyl (C=O) groups is 2. The first-order chi connectivity index (χ1) is 13.9. The number of hydrazine groups is 1. The number of carbonyl (C=O) groups excluding carboxylic acids is 2. The number of thiocarbonyl (C=S) groups is 1. The Bertz CT molecular complexity index is 875. The maximum absolute atomic E-state index is 12.3. The third-order valence-corrected chi connectivity index (χ3v) is 4.64. The molecule has 2 amide bonds. The minimum atomic E-state index is -0.415. The summed E-state index contributed by atoms with van der Waals surface area (Å²) in [5.41, 5.74) is 5.74. The second kappa shape index (κ2) is 11.4. The molecular formula is C20H22BrN3O4S. The van der Waals surface area contributed by atoms with Gasteiger partial charge in [-0.05, 0) is 77.0 Å². The topological polar surface area (TPSA) is 88.7 Å². The van der Waals surface area contributed by atoms with Crippen molar-refractivity contribution in [3.8, 4) is 11.5 Å². The molecule has 0 unspecified atom stereocenters. The average Bonchev–Trinajstić information content (AvgIpc) is 2.73. The average molecular weight is 480 g/mol. The van der Waals surface area contributed by atoms with Gasteiger partial charge in [-0.3, -0.25) is 25.8 Å². The van der Waals surface area contributed by atoms with Gasteiger partial charge in [-0.2, -0.15) is 0 Å². The highest BCUT2D eigenvalue weighted by Crippen LogP contribution is 2.26. The van der Waals surface area contributed by atoms with Crippen LogP contribution in [0.3, 0.4) is 0 Å². The van der Waals surface area contributed by atoms with Gasteiger partial charge in [-0.1, -0.05) is 13.3 Å². The summed E-state index contributed by atoms with van der Waals surface area (Å²) in [5, 5.41) is 2.47. The van der Waals surface area contributed by atoms with Gasteiger partial charge in [-0.25, -0.2) is 0 Å². The van der Waals surface area contributed by atoms with Crippen molar-refractivity contribution >= 4 is 45.1 Å². The molecule has 0 aromatic heterocycles. The fourth-order valence-corrected chi connectivity index (χ4v) is 2.86. The molecule has 2 rings (SSSR count). The van der Waals surface area contributed by atoms with Crippen LogP contribution in [-0.4, -0.2) is 30.6 Å². The molecule has 0 spiro atoms. The normalized spacial score (nSPS) is 10.0. The summed E-state index contributed by atoms with van der Waals surface area (Å²) in [6.45, 7) is 2.70. The van der Waals surface area contributed by atoms with Crippen LogP contribution in [0, 0.1) is 0 Å². The van der Waals surface area contributed by atoms with Gasteiger partial charge in [0.05, 0.1) is 18.2 Å². The van der Waals surface area contributed by atoms with Crippen LogP contribution in [0.5, 0.6) is 11.5 Å².